The zero-order valence-electron chi connectivity index (χ0n) is 9.08. The third-order valence-electron chi connectivity index (χ3n) is 2.75. The number of rotatable bonds is 1. The first-order valence-corrected chi connectivity index (χ1v) is 6.90. The Morgan fingerprint density at radius 2 is 1.61 bits per heavy atom. The predicted octanol–water partition coefficient (Wildman–Crippen LogP) is 5.61. The van der Waals surface area contributed by atoms with E-state index in [0.29, 0.717) is 0 Å². The molecule has 0 bridgehead atoms. The summed E-state index contributed by atoms with van der Waals surface area (Å²) in [4.78, 5) is 0. The number of fused-ring (bicyclic) bond motifs is 1. The van der Waals surface area contributed by atoms with Crippen molar-refractivity contribution in [3.05, 3.63) is 57.9 Å². The molecular formula is C14H7BrF2S. The summed E-state index contributed by atoms with van der Waals surface area (Å²) in [6, 6.07) is 12.2. The first-order valence-electron chi connectivity index (χ1n) is 5.29. The lowest BCUT2D eigenvalue weighted by Crippen LogP contribution is -1.82. The van der Waals surface area contributed by atoms with Crippen LogP contribution in [0.3, 0.4) is 0 Å². The van der Waals surface area contributed by atoms with Crippen molar-refractivity contribution in [1.82, 2.24) is 0 Å². The van der Waals surface area contributed by atoms with Gasteiger partial charge in [0.05, 0.1) is 3.79 Å². The lowest BCUT2D eigenvalue weighted by atomic mass is 10.0. The van der Waals surface area contributed by atoms with Gasteiger partial charge in [0.15, 0.2) is 11.6 Å². The summed E-state index contributed by atoms with van der Waals surface area (Å²) >= 11 is 4.88. The van der Waals surface area contributed by atoms with E-state index >= 15 is 0 Å². The molecule has 18 heavy (non-hydrogen) atoms. The van der Waals surface area contributed by atoms with Crippen LogP contribution in [-0.4, -0.2) is 0 Å². The number of hydrogen-bond acceptors (Lipinski definition) is 1. The van der Waals surface area contributed by atoms with Gasteiger partial charge in [-0.3, -0.25) is 0 Å². The van der Waals surface area contributed by atoms with Crippen molar-refractivity contribution in [2.75, 3.05) is 0 Å². The molecule has 0 unspecified atom stereocenters. The summed E-state index contributed by atoms with van der Waals surface area (Å²) in [5, 5.41) is 0.733. The Bertz CT molecular complexity index is 719. The van der Waals surface area contributed by atoms with Gasteiger partial charge in [-0.1, -0.05) is 30.3 Å². The van der Waals surface area contributed by atoms with E-state index in [-0.39, 0.29) is 0 Å². The average molecular weight is 325 g/mol. The topological polar surface area (TPSA) is 0 Å². The summed E-state index contributed by atoms with van der Waals surface area (Å²) in [6.07, 6.45) is 0. The van der Waals surface area contributed by atoms with Crippen LogP contribution >= 0.6 is 27.3 Å². The zero-order chi connectivity index (χ0) is 12.7. The van der Waals surface area contributed by atoms with Gasteiger partial charge in [-0.05, 0) is 33.6 Å². The number of halogens is 3. The third-order valence-corrected chi connectivity index (χ3v) is 4.57. The van der Waals surface area contributed by atoms with E-state index in [4.69, 9.17) is 0 Å². The largest absolute Gasteiger partial charge is 0.204 e. The molecule has 3 aromatic rings. The molecule has 0 aliphatic heterocycles. The highest BCUT2D eigenvalue weighted by molar-refractivity contribution is 9.11. The van der Waals surface area contributed by atoms with Crippen molar-refractivity contribution < 1.29 is 8.78 Å². The fourth-order valence-electron chi connectivity index (χ4n) is 1.94. The molecule has 0 fully saturated rings. The molecule has 0 radical (unpaired) electrons. The van der Waals surface area contributed by atoms with Crippen LogP contribution in [0.5, 0.6) is 0 Å². The molecule has 0 amide bonds. The quantitative estimate of drug-likeness (QED) is 0.545. The average Bonchev–Trinajstić information content (AvgIpc) is 2.66. The minimum atomic E-state index is -0.815. The lowest BCUT2D eigenvalue weighted by molar-refractivity contribution is 0.511. The molecule has 0 saturated carbocycles. The van der Waals surface area contributed by atoms with Gasteiger partial charge in [-0.2, -0.15) is 0 Å². The Labute approximate surface area is 115 Å². The van der Waals surface area contributed by atoms with Gasteiger partial charge in [0.25, 0.3) is 0 Å². The van der Waals surface area contributed by atoms with E-state index in [0.717, 1.165) is 25.0 Å². The number of hydrogen-bond donors (Lipinski definition) is 0. The molecule has 0 aliphatic carbocycles. The minimum absolute atomic E-state index is 0.733. The van der Waals surface area contributed by atoms with E-state index in [1.165, 1.54) is 23.5 Å². The fraction of sp³-hybridized carbons (Fsp3) is 0. The maximum atomic E-state index is 13.4. The maximum Gasteiger partial charge on any atom is 0.160 e. The first-order chi connectivity index (χ1) is 8.66. The van der Waals surface area contributed by atoms with Gasteiger partial charge < -0.3 is 0 Å². The second-order valence-corrected chi connectivity index (χ2v) is 6.25. The van der Waals surface area contributed by atoms with E-state index < -0.39 is 11.6 Å². The first kappa shape index (κ1) is 11.8. The molecule has 1 aromatic heterocycles. The second kappa shape index (κ2) is 4.44. The minimum Gasteiger partial charge on any atom is -0.204 e. The van der Waals surface area contributed by atoms with Crippen LogP contribution in [0.25, 0.3) is 21.2 Å². The number of benzene rings is 2. The van der Waals surface area contributed by atoms with Crippen LogP contribution in [0.15, 0.2) is 46.3 Å². The fourth-order valence-corrected chi connectivity index (χ4v) is 3.86. The molecular weight excluding hydrogens is 318 g/mol. The Morgan fingerprint density at radius 1 is 0.944 bits per heavy atom. The molecule has 4 heteroatoms. The van der Waals surface area contributed by atoms with Gasteiger partial charge >= 0.3 is 0 Å². The van der Waals surface area contributed by atoms with Crippen molar-refractivity contribution in [3.63, 3.8) is 0 Å². The summed E-state index contributed by atoms with van der Waals surface area (Å²) < 4.78 is 28.2. The smallest absolute Gasteiger partial charge is 0.160 e. The Morgan fingerprint density at radius 3 is 2.33 bits per heavy atom. The molecule has 0 aliphatic rings. The van der Waals surface area contributed by atoms with Crippen molar-refractivity contribution in [1.29, 1.82) is 0 Å². The van der Waals surface area contributed by atoms with Crippen LogP contribution in [-0.2, 0) is 0 Å². The van der Waals surface area contributed by atoms with E-state index in [2.05, 4.69) is 15.9 Å². The summed E-state index contributed by atoms with van der Waals surface area (Å²) in [7, 11) is 0. The lowest BCUT2D eigenvalue weighted by Gasteiger charge is -2.01. The van der Waals surface area contributed by atoms with Crippen LogP contribution in [0, 0.1) is 11.6 Å². The Hall–Kier alpha value is -1.26. The van der Waals surface area contributed by atoms with Crippen LogP contribution in [0.1, 0.15) is 0 Å². The van der Waals surface area contributed by atoms with Gasteiger partial charge in [0, 0.05) is 15.6 Å². The molecule has 0 nitrogen and oxygen atoms in total. The number of thiophene rings is 1. The van der Waals surface area contributed by atoms with Crippen molar-refractivity contribution >= 4 is 37.4 Å². The standard InChI is InChI=1S/C14H7BrF2S/c15-14-13(8-4-2-1-3-5-8)9-6-10(16)11(17)7-12(9)18-14/h1-7H. The molecule has 1 heterocycles. The van der Waals surface area contributed by atoms with Crippen LogP contribution in [0.4, 0.5) is 8.78 Å². The highest BCUT2D eigenvalue weighted by Gasteiger charge is 2.15. The summed E-state index contributed by atoms with van der Waals surface area (Å²) in [5.74, 6) is -1.62. The Balaban J connectivity index is 2.36. The predicted molar refractivity (Wildman–Crippen MR) is 74.9 cm³/mol. The SMILES string of the molecule is Fc1cc2sc(Br)c(-c3ccccc3)c2cc1F. The van der Waals surface area contributed by atoms with E-state index in [9.17, 15) is 8.78 Å². The Kier molecular flexibility index (Phi) is 2.92. The van der Waals surface area contributed by atoms with Crippen molar-refractivity contribution in [2.45, 2.75) is 0 Å². The molecule has 0 N–H and O–H groups in total. The molecule has 0 saturated heterocycles. The molecule has 0 atom stereocenters. The van der Waals surface area contributed by atoms with Gasteiger partial charge in [0.2, 0.25) is 0 Å². The highest BCUT2D eigenvalue weighted by atomic mass is 79.9. The summed E-state index contributed by atoms with van der Waals surface area (Å²) in [5.41, 5.74) is 1.90. The van der Waals surface area contributed by atoms with Gasteiger partial charge in [-0.15, -0.1) is 11.3 Å². The van der Waals surface area contributed by atoms with Crippen LogP contribution < -0.4 is 0 Å². The zero-order valence-corrected chi connectivity index (χ0v) is 11.5. The normalized spacial score (nSPS) is 11.1. The summed E-state index contributed by atoms with van der Waals surface area (Å²) in [6.45, 7) is 0. The van der Waals surface area contributed by atoms with Crippen molar-refractivity contribution in [3.8, 4) is 11.1 Å². The molecule has 2 aromatic carbocycles. The van der Waals surface area contributed by atoms with Gasteiger partial charge in [-0.25, -0.2) is 8.78 Å². The highest BCUT2D eigenvalue weighted by Crippen LogP contribution is 2.42. The third kappa shape index (κ3) is 1.85. The maximum absolute atomic E-state index is 13.4. The van der Waals surface area contributed by atoms with E-state index in [1.54, 1.807) is 0 Å². The molecule has 0 spiro atoms. The van der Waals surface area contributed by atoms with Crippen molar-refractivity contribution in [2.24, 2.45) is 0 Å². The van der Waals surface area contributed by atoms with E-state index in [1.807, 2.05) is 30.3 Å². The second-order valence-electron chi connectivity index (χ2n) is 3.88. The molecule has 90 valence electrons. The van der Waals surface area contributed by atoms with Crippen LogP contribution in [0.2, 0.25) is 0 Å². The monoisotopic (exact) mass is 324 g/mol. The molecule has 3 rings (SSSR count). The van der Waals surface area contributed by atoms with Gasteiger partial charge in [0.1, 0.15) is 0 Å².